The van der Waals surface area contributed by atoms with Gasteiger partial charge in [-0.2, -0.15) is 13.2 Å². The van der Waals surface area contributed by atoms with Gasteiger partial charge in [-0.3, -0.25) is 4.57 Å². The number of rotatable bonds is 3. The maximum atomic E-state index is 13.0. The largest absolute Gasteiger partial charge is 0.495 e. The van der Waals surface area contributed by atoms with Crippen LogP contribution in [-0.4, -0.2) is 30.8 Å². The van der Waals surface area contributed by atoms with E-state index in [0.717, 1.165) is 12.1 Å². The zero-order valence-corrected chi connectivity index (χ0v) is 14.5. The summed E-state index contributed by atoms with van der Waals surface area (Å²) in [6.07, 6.45) is -4.43. The molecular formula is C17H15ClF3N3O. The van der Waals surface area contributed by atoms with Crippen molar-refractivity contribution in [2.75, 3.05) is 26.1 Å². The number of methoxy groups -OCH3 is 1. The van der Waals surface area contributed by atoms with Gasteiger partial charge in [0, 0.05) is 19.1 Å². The molecule has 1 aromatic heterocycles. The third-order valence-corrected chi connectivity index (χ3v) is 3.98. The molecule has 0 aliphatic carbocycles. The average molecular weight is 370 g/mol. The Morgan fingerprint density at radius 1 is 1.12 bits per heavy atom. The number of imidazole rings is 1. The molecule has 0 aliphatic rings. The fourth-order valence-electron chi connectivity index (χ4n) is 2.62. The highest BCUT2D eigenvalue weighted by atomic mass is 35.5. The molecule has 0 fully saturated rings. The molecular weight excluding hydrogens is 355 g/mol. The number of halogens is 4. The highest BCUT2D eigenvalue weighted by Gasteiger charge is 2.31. The van der Waals surface area contributed by atoms with Gasteiger partial charge in [-0.15, -0.1) is 0 Å². The van der Waals surface area contributed by atoms with E-state index in [1.807, 2.05) is 0 Å². The van der Waals surface area contributed by atoms with E-state index in [4.69, 9.17) is 16.3 Å². The molecule has 0 saturated heterocycles. The van der Waals surface area contributed by atoms with Crippen LogP contribution in [0.1, 0.15) is 5.56 Å². The van der Waals surface area contributed by atoms with Crippen molar-refractivity contribution in [3.05, 3.63) is 47.0 Å². The van der Waals surface area contributed by atoms with Gasteiger partial charge < -0.3 is 9.64 Å². The minimum atomic E-state index is -4.43. The summed E-state index contributed by atoms with van der Waals surface area (Å²) in [6.45, 7) is 0. The van der Waals surface area contributed by atoms with Crippen molar-refractivity contribution < 1.29 is 17.9 Å². The summed E-state index contributed by atoms with van der Waals surface area (Å²) in [7, 11) is 5.04. The lowest BCUT2D eigenvalue weighted by Crippen LogP contribution is -2.15. The summed E-state index contributed by atoms with van der Waals surface area (Å²) >= 11 is 6.11. The highest BCUT2D eigenvalue weighted by molar-refractivity contribution is 6.30. The molecule has 132 valence electrons. The van der Waals surface area contributed by atoms with Crippen LogP contribution in [0.25, 0.3) is 16.7 Å². The molecule has 0 amide bonds. The Morgan fingerprint density at radius 3 is 2.44 bits per heavy atom. The van der Waals surface area contributed by atoms with Gasteiger partial charge in [-0.05, 0) is 36.4 Å². The van der Waals surface area contributed by atoms with E-state index in [1.165, 1.54) is 13.2 Å². The Balaban J connectivity index is 2.34. The zero-order chi connectivity index (χ0) is 18.4. The van der Waals surface area contributed by atoms with E-state index >= 15 is 0 Å². The van der Waals surface area contributed by atoms with E-state index in [2.05, 4.69) is 4.98 Å². The van der Waals surface area contributed by atoms with E-state index < -0.39 is 11.7 Å². The van der Waals surface area contributed by atoms with Crippen molar-refractivity contribution in [3.63, 3.8) is 0 Å². The molecule has 0 N–H and O–H groups in total. The highest BCUT2D eigenvalue weighted by Crippen LogP contribution is 2.36. The monoisotopic (exact) mass is 369 g/mol. The second-order valence-corrected chi connectivity index (χ2v) is 6.10. The molecule has 0 radical (unpaired) electrons. The van der Waals surface area contributed by atoms with Crippen molar-refractivity contribution in [2.24, 2.45) is 0 Å². The number of benzene rings is 2. The van der Waals surface area contributed by atoms with E-state index in [9.17, 15) is 13.2 Å². The van der Waals surface area contributed by atoms with Gasteiger partial charge in [-0.25, -0.2) is 4.98 Å². The Hall–Kier alpha value is -2.41. The fraction of sp³-hybridized carbons (Fsp3) is 0.235. The standard InChI is InChI=1S/C17H15ClF3N3O/c1-23(2)16-22-12-8-10(17(19,20)21)4-6-13(12)24(16)14-9-11(18)5-7-15(14)25-3/h4-9H,1-3H3. The molecule has 0 aliphatic heterocycles. The lowest BCUT2D eigenvalue weighted by Gasteiger charge is -2.17. The van der Waals surface area contributed by atoms with Crippen LogP contribution in [0.4, 0.5) is 19.1 Å². The number of alkyl halides is 3. The molecule has 4 nitrogen and oxygen atoms in total. The molecule has 1 heterocycles. The quantitative estimate of drug-likeness (QED) is 0.666. The first kappa shape index (κ1) is 17.4. The maximum absolute atomic E-state index is 13.0. The lowest BCUT2D eigenvalue weighted by molar-refractivity contribution is -0.137. The average Bonchev–Trinajstić information content (AvgIpc) is 2.92. The first-order chi connectivity index (χ1) is 11.7. The minimum absolute atomic E-state index is 0.237. The summed E-state index contributed by atoms with van der Waals surface area (Å²) in [5, 5.41) is 0.481. The smallest absolute Gasteiger partial charge is 0.416 e. The van der Waals surface area contributed by atoms with Gasteiger partial charge in [0.05, 0.1) is 29.4 Å². The van der Waals surface area contributed by atoms with Gasteiger partial charge in [0.15, 0.2) is 0 Å². The van der Waals surface area contributed by atoms with Crippen molar-refractivity contribution in [1.82, 2.24) is 9.55 Å². The SMILES string of the molecule is COc1ccc(Cl)cc1-n1c(N(C)C)nc2cc(C(F)(F)F)ccc21. The third-order valence-electron chi connectivity index (χ3n) is 3.75. The van der Waals surface area contributed by atoms with Crippen LogP contribution in [0.2, 0.25) is 5.02 Å². The number of anilines is 1. The molecule has 0 spiro atoms. The van der Waals surface area contributed by atoms with Crippen LogP contribution in [-0.2, 0) is 6.18 Å². The lowest BCUT2D eigenvalue weighted by atomic mass is 10.2. The Morgan fingerprint density at radius 2 is 1.84 bits per heavy atom. The normalized spacial score (nSPS) is 11.8. The minimum Gasteiger partial charge on any atom is -0.495 e. The number of ether oxygens (including phenoxy) is 1. The van der Waals surface area contributed by atoms with Crippen LogP contribution in [0, 0.1) is 0 Å². The molecule has 0 saturated carbocycles. The number of hydrogen-bond acceptors (Lipinski definition) is 3. The summed E-state index contributed by atoms with van der Waals surface area (Å²) in [5.74, 6) is 1.00. The van der Waals surface area contributed by atoms with Crippen molar-refractivity contribution >= 4 is 28.6 Å². The molecule has 3 rings (SSSR count). The second kappa shape index (κ2) is 6.15. The van der Waals surface area contributed by atoms with E-state index in [1.54, 1.807) is 41.8 Å². The molecule has 25 heavy (non-hydrogen) atoms. The van der Waals surface area contributed by atoms with Gasteiger partial charge in [0.1, 0.15) is 5.75 Å². The van der Waals surface area contributed by atoms with Gasteiger partial charge in [-0.1, -0.05) is 11.6 Å². The summed E-state index contributed by atoms with van der Waals surface area (Å²) in [5.41, 5.74) is 0.617. The zero-order valence-electron chi connectivity index (χ0n) is 13.7. The van der Waals surface area contributed by atoms with Crippen LogP contribution in [0.3, 0.4) is 0 Å². The number of hydrogen-bond donors (Lipinski definition) is 0. The molecule has 0 atom stereocenters. The van der Waals surface area contributed by atoms with Gasteiger partial charge >= 0.3 is 6.18 Å². The Bertz CT molecular complexity index is 935. The summed E-state index contributed by atoms with van der Waals surface area (Å²) in [6, 6.07) is 8.55. The van der Waals surface area contributed by atoms with Crippen molar-refractivity contribution in [3.8, 4) is 11.4 Å². The molecule has 8 heteroatoms. The van der Waals surface area contributed by atoms with E-state index in [0.29, 0.717) is 27.9 Å². The van der Waals surface area contributed by atoms with Crippen LogP contribution in [0.15, 0.2) is 36.4 Å². The van der Waals surface area contributed by atoms with Crippen LogP contribution < -0.4 is 9.64 Å². The van der Waals surface area contributed by atoms with Crippen LogP contribution >= 0.6 is 11.6 Å². The summed E-state index contributed by atoms with van der Waals surface area (Å²) in [4.78, 5) is 6.07. The first-order valence-corrected chi connectivity index (χ1v) is 7.71. The second-order valence-electron chi connectivity index (χ2n) is 5.66. The predicted octanol–water partition coefficient (Wildman–Crippen LogP) is 4.77. The summed E-state index contributed by atoms with van der Waals surface area (Å²) < 4.78 is 46.1. The molecule has 2 aromatic carbocycles. The predicted molar refractivity (Wildman–Crippen MR) is 92.0 cm³/mol. The molecule has 0 bridgehead atoms. The van der Waals surface area contributed by atoms with Crippen molar-refractivity contribution in [2.45, 2.75) is 6.18 Å². The van der Waals surface area contributed by atoms with Gasteiger partial charge in [0.2, 0.25) is 5.95 Å². The Kier molecular flexibility index (Phi) is 4.28. The Labute approximate surface area is 147 Å². The first-order valence-electron chi connectivity index (χ1n) is 7.33. The van der Waals surface area contributed by atoms with Crippen molar-refractivity contribution in [1.29, 1.82) is 0 Å². The topological polar surface area (TPSA) is 30.3 Å². The molecule has 3 aromatic rings. The maximum Gasteiger partial charge on any atom is 0.416 e. The number of nitrogens with zero attached hydrogens (tertiary/aromatic N) is 3. The number of fused-ring (bicyclic) bond motifs is 1. The van der Waals surface area contributed by atoms with E-state index in [-0.39, 0.29) is 5.52 Å². The fourth-order valence-corrected chi connectivity index (χ4v) is 2.79. The molecule has 0 unspecified atom stereocenters. The third kappa shape index (κ3) is 3.11. The number of aromatic nitrogens is 2. The van der Waals surface area contributed by atoms with Crippen LogP contribution in [0.5, 0.6) is 5.75 Å². The van der Waals surface area contributed by atoms with Gasteiger partial charge in [0.25, 0.3) is 0 Å².